The molecule has 0 N–H and O–H groups in total. The predicted octanol–water partition coefficient (Wildman–Crippen LogP) is 2.39. The summed E-state index contributed by atoms with van der Waals surface area (Å²) in [6, 6.07) is 1.89. The second-order valence-electron chi connectivity index (χ2n) is 5.23. The number of ketones is 1. The van der Waals surface area contributed by atoms with Crippen LogP contribution in [0.25, 0.3) is 0 Å². The zero-order valence-corrected chi connectivity index (χ0v) is 12.8. The summed E-state index contributed by atoms with van der Waals surface area (Å²) in [7, 11) is 0. The Morgan fingerprint density at radius 3 is 2.40 bits per heavy atom. The molecule has 0 radical (unpaired) electrons. The van der Waals surface area contributed by atoms with Crippen LogP contribution in [0.3, 0.4) is 0 Å². The van der Waals surface area contributed by atoms with Gasteiger partial charge in [-0.3, -0.25) is 19.8 Å². The number of hydrogen-bond donors (Lipinski definition) is 0. The van der Waals surface area contributed by atoms with Crippen molar-refractivity contribution in [3.63, 3.8) is 0 Å². The van der Waals surface area contributed by atoms with Crippen molar-refractivity contribution in [3.05, 3.63) is 21.1 Å². The van der Waals surface area contributed by atoms with Crippen LogP contribution in [0.4, 0.5) is 10.7 Å². The molecule has 110 valence electrons. The van der Waals surface area contributed by atoms with Gasteiger partial charge in [-0.25, -0.2) is 0 Å². The Hall–Kier alpha value is -1.47. The number of nitro groups is 1. The molecule has 1 fully saturated rings. The second-order valence-corrected chi connectivity index (χ2v) is 6.26. The van der Waals surface area contributed by atoms with E-state index in [1.807, 2.05) is 4.90 Å². The first-order valence-electron chi connectivity index (χ1n) is 6.68. The fourth-order valence-corrected chi connectivity index (χ4v) is 3.42. The molecule has 7 heteroatoms. The van der Waals surface area contributed by atoms with Gasteiger partial charge in [-0.05, 0) is 20.8 Å². The third-order valence-electron chi connectivity index (χ3n) is 3.57. The standard InChI is InChI=1S/C13H19N3O3S/c1-9(2)14-4-6-15(7-5-14)13-11(16(18)19)8-12(20-13)10(3)17/h8-9H,4-7H2,1-3H3. The highest BCUT2D eigenvalue weighted by Crippen LogP contribution is 2.38. The molecular formula is C13H19N3O3S. The Bertz CT molecular complexity index is 519. The first kappa shape index (κ1) is 14.9. The van der Waals surface area contributed by atoms with Crippen molar-refractivity contribution < 1.29 is 9.72 Å². The van der Waals surface area contributed by atoms with Crippen molar-refractivity contribution in [3.8, 4) is 0 Å². The fraction of sp³-hybridized carbons (Fsp3) is 0.615. The predicted molar refractivity (Wildman–Crippen MR) is 79.9 cm³/mol. The van der Waals surface area contributed by atoms with Gasteiger partial charge < -0.3 is 4.90 Å². The van der Waals surface area contributed by atoms with Gasteiger partial charge in [0, 0.05) is 38.3 Å². The van der Waals surface area contributed by atoms with Gasteiger partial charge in [-0.2, -0.15) is 0 Å². The zero-order chi connectivity index (χ0) is 14.9. The lowest BCUT2D eigenvalue weighted by atomic mass is 10.2. The van der Waals surface area contributed by atoms with Crippen LogP contribution in [0.2, 0.25) is 0 Å². The normalized spacial score (nSPS) is 16.7. The molecular weight excluding hydrogens is 278 g/mol. The van der Waals surface area contributed by atoms with Gasteiger partial charge in [-0.15, -0.1) is 11.3 Å². The quantitative estimate of drug-likeness (QED) is 0.485. The SMILES string of the molecule is CC(=O)c1cc([N+](=O)[O-])c(N2CCN(C(C)C)CC2)s1. The molecule has 0 amide bonds. The summed E-state index contributed by atoms with van der Waals surface area (Å²) in [6.45, 7) is 9.04. The number of hydrogen-bond acceptors (Lipinski definition) is 6. The van der Waals surface area contributed by atoms with Crippen molar-refractivity contribution in [2.75, 3.05) is 31.1 Å². The van der Waals surface area contributed by atoms with E-state index in [9.17, 15) is 14.9 Å². The van der Waals surface area contributed by atoms with Crippen LogP contribution >= 0.6 is 11.3 Å². The molecule has 1 aromatic heterocycles. The maximum atomic E-state index is 11.4. The van der Waals surface area contributed by atoms with Gasteiger partial charge in [0.15, 0.2) is 10.8 Å². The third kappa shape index (κ3) is 2.99. The van der Waals surface area contributed by atoms with Gasteiger partial charge in [0.05, 0.1) is 9.80 Å². The second kappa shape index (κ2) is 5.88. The van der Waals surface area contributed by atoms with Crippen LogP contribution in [0, 0.1) is 10.1 Å². The van der Waals surface area contributed by atoms with Gasteiger partial charge in [0.1, 0.15) is 0 Å². The first-order chi connectivity index (χ1) is 9.40. The molecule has 0 aliphatic carbocycles. The maximum Gasteiger partial charge on any atom is 0.304 e. The number of piperazine rings is 1. The Kier molecular flexibility index (Phi) is 4.39. The van der Waals surface area contributed by atoms with Crippen LogP contribution in [0.5, 0.6) is 0 Å². The lowest BCUT2D eigenvalue weighted by molar-refractivity contribution is -0.383. The highest BCUT2D eigenvalue weighted by molar-refractivity contribution is 7.18. The van der Waals surface area contributed by atoms with Gasteiger partial charge >= 0.3 is 5.69 Å². The molecule has 6 nitrogen and oxygen atoms in total. The van der Waals surface area contributed by atoms with Crippen LogP contribution in [-0.4, -0.2) is 47.8 Å². The highest BCUT2D eigenvalue weighted by Gasteiger charge is 2.28. The zero-order valence-electron chi connectivity index (χ0n) is 12.0. The molecule has 1 saturated heterocycles. The summed E-state index contributed by atoms with van der Waals surface area (Å²) in [4.78, 5) is 27.0. The molecule has 1 aliphatic rings. The lowest BCUT2D eigenvalue weighted by Crippen LogP contribution is -2.48. The molecule has 2 rings (SSSR count). The topological polar surface area (TPSA) is 66.7 Å². The van der Waals surface area contributed by atoms with E-state index >= 15 is 0 Å². The summed E-state index contributed by atoms with van der Waals surface area (Å²) in [5, 5.41) is 11.8. The monoisotopic (exact) mass is 297 g/mol. The number of Topliss-reactive ketones (excluding diaryl/α,β-unsaturated/α-hetero) is 1. The van der Waals surface area contributed by atoms with E-state index in [2.05, 4.69) is 18.7 Å². The van der Waals surface area contributed by atoms with Crippen molar-refractivity contribution in [1.29, 1.82) is 0 Å². The molecule has 1 aromatic rings. The van der Waals surface area contributed by atoms with Crippen molar-refractivity contribution in [1.82, 2.24) is 4.90 Å². The number of thiophene rings is 1. The Labute approximate surface area is 122 Å². The van der Waals surface area contributed by atoms with E-state index in [1.54, 1.807) is 0 Å². The Morgan fingerprint density at radius 1 is 1.35 bits per heavy atom. The largest absolute Gasteiger partial charge is 0.355 e. The lowest BCUT2D eigenvalue weighted by Gasteiger charge is -2.37. The van der Waals surface area contributed by atoms with E-state index < -0.39 is 4.92 Å². The molecule has 0 atom stereocenters. The fourth-order valence-electron chi connectivity index (χ4n) is 2.34. The molecule has 0 aromatic carbocycles. The Balaban J connectivity index is 2.20. The number of anilines is 1. The first-order valence-corrected chi connectivity index (χ1v) is 7.50. The summed E-state index contributed by atoms with van der Waals surface area (Å²) < 4.78 is 0. The van der Waals surface area contributed by atoms with Crippen molar-refractivity contribution in [2.45, 2.75) is 26.8 Å². The maximum absolute atomic E-state index is 11.4. The number of rotatable bonds is 4. The van der Waals surface area contributed by atoms with Crippen molar-refractivity contribution in [2.24, 2.45) is 0 Å². The van der Waals surface area contributed by atoms with Gasteiger partial charge in [-0.1, -0.05) is 0 Å². The van der Waals surface area contributed by atoms with Gasteiger partial charge in [0.25, 0.3) is 0 Å². The highest BCUT2D eigenvalue weighted by atomic mass is 32.1. The minimum absolute atomic E-state index is 0.0539. The summed E-state index contributed by atoms with van der Waals surface area (Å²) in [6.07, 6.45) is 0. The average molecular weight is 297 g/mol. The van der Waals surface area contributed by atoms with Crippen LogP contribution in [-0.2, 0) is 0 Å². The average Bonchev–Trinajstić information content (AvgIpc) is 2.84. The number of carbonyl (C=O) groups is 1. The molecule has 2 heterocycles. The summed E-state index contributed by atoms with van der Waals surface area (Å²) >= 11 is 1.23. The van der Waals surface area contributed by atoms with Crippen LogP contribution in [0.1, 0.15) is 30.4 Å². The van der Waals surface area contributed by atoms with E-state index in [1.165, 1.54) is 24.3 Å². The number of carbonyl (C=O) groups excluding carboxylic acids is 1. The van der Waals surface area contributed by atoms with Gasteiger partial charge in [0.2, 0.25) is 0 Å². The minimum Gasteiger partial charge on any atom is -0.355 e. The van der Waals surface area contributed by atoms with Crippen LogP contribution in [0.15, 0.2) is 6.07 Å². The van der Waals surface area contributed by atoms with E-state index in [0.29, 0.717) is 15.9 Å². The third-order valence-corrected chi connectivity index (χ3v) is 4.85. The van der Waals surface area contributed by atoms with E-state index in [4.69, 9.17) is 0 Å². The molecule has 1 aliphatic heterocycles. The summed E-state index contributed by atoms with van der Waals surface area (Å²) in [5.41, 5.74) is 0.0539. The van der Waals surface area contributed by atoms with Crippen molar-refractivity contribution >= 4 is 27.8 Å². The van der Waals surface area contributed by atoms with Crippen LogP contribution < -0.4 is 4.90 Å². The minimum atomic E-state index is -0.396. The molecule has 0 spiro atoms. The van der Waals surface area contributed by atoms with E-state index in [-0.39, 0.29) is 11.5 Å². The number of nitrogens with zero attached hydrogens (tertiary/aromatic N) is 3. The molecule has 0 saturated carbocycles. The molecule has 0 bridgehead atoms. The van der Waals surface area contributed by atoms with E-state index in [0.717, 1.165) is 26.2 Å². The Morgan fingerprint density at radius 2 is 1.95 bits per heavy atom. The smallest absolute Gasteiger partial charge is 0.304 e. The molecule has 0 unspecified atom stereocenters. The summed E-state index contributed by atoms with van der Waals surface area (Å²) in [5.74, 6) is -0.120. The molecule has 20 heavy (non-hydrogen) atoms.